The quantitative estimate of drug-likeness (QED) is 0.641. The minimum atomic E-state index is 0.0302. The third-order valence-corrected chi connectivity index (χ3v) is 6.47. The first-order chi connectivity index (χ1) is 14.2. The molecule has 3 aromatic rings. The number of benzene rings is 1. The Morgan fingerprint density at radius 1 is 1.14 bits per heavy atom. The molecule has 6 heteroatoms. The number of fused-ring (bicyclic) bond motifs is 3. The van der Waals surface area contributed by atoms with Crippen LogP contribution in [-0.2, 0) is 6.54 Å². The third-order valence-electron chi connectivity index (χ3n) is 6.47. The zero-order valence-electron chi connectivity index (χ0n) is 16.2. The second-order valence-corrected chi connectivity index (χ2v) is 8.21. The maximum Gasteiger partial charge on any atom is 0.172 e. The average Bonchev–Trinajstić information content (AvgIpc) is 3.16. The van der Waals surface area contributed by atoms with Crippen molar-refractivity contribution in [2.24, 2.45) is 5.92 Å². The van der Waals surface area contributed by atoms with Crippen molar-refractivity contribution in [3.63, 3.8) is 0 Å². The second kappa shape index (κ2) is 7.41. The first-order valence-corrected chi connectivity index (χ1v) is 10.3. The number of piperidine rings is 2. The van der Waals surface area contributed by atoms with Crippen molar-refractivity contribution in [3.8, 4) is 6.07 Å². The van der Waals surface area contributed by atoms with Crippen LogP contribution < -0.4 is 0 Å². The molecular formula is C23H23N5O. The lowest BCUT2D eigenvalue weighted by Gasteiger charge is -2.48. The van der Waals surface area contributed by atoms with Crippen LogP contribution >= 0.6 is 0 Å². The molecule has 0 spiro atoms. The molecule has 0 radical (unpaired) electrons. The molecule has 2 unspecified atom stereocenters. The number of rotatable bonds is 4. The molecule has 2 aliphatic rings. The lowest BCUT2D eigenvalue weighted by Crippen LogP contribution is -2.52. The normalized spacial score (nSPS) is 24.3. The fourth-order valence-corrected chi connectivity index (χ4v) is 5.06. The molecule has 2 aliphatic heterocycles. The number of ketones is 1. The number of Topliss-reactive ketones (excluding diaryl/α,β-unsaturated/α-hetero) is 1. The van der Waals surface area contributed by atoms with Crippen molar-refractivity contribution < 1.29 is 4.79 Å². The fraction of sp³-hybridized carbons (Fsp3) is 0.391. The molecular weight excluding hydrogens is 362 g/mol. The molecule has 2 saturated heterocycles. The van der Waals surface area contributed by atoms with Crippen molar-refractivity contribution in [1.82, 2.24) is 19.5 Å². The lowest BCUT2D eigenvalue weighted by atomic mass is 9.75. The van der Waals surface area contributed by atoms with Crippen LogP contribution in [0.2, 0.25) is 0 Å². The Hall–Kier alpha value is -3.04. The molecule has 2 fully saturated rings. The first-order valence-electron chi connectivity index (χ1n) is 10.3. The van der Waals surface area contributed by atoms with E-state index < -0.39 is 0 Å². The van der Waals surface area contributed by atoms with Crippen LogP contribution in [0, 0.1) is 17.2 Å². The zero-order chi connectivity index (χ0) is 19.8. The fourth-order valence-electron chi connectivity index (χ4n) is 5.06. The molecule has 4 heterocycles. The van der Waals surface area contributed by atoms with Gasteiger partial charge in [-0.15, -0.1) is 0 Å². The van der Waals surface area contributed by atoms with E-state index in [4.69, 9.17) is 5.26 Å². The van der Waals surface area contributed by atoms with Gasteiger partial charge in [0.05, 0.1) is 11.8 Å². The molecule has 2 aromatic heterocycles. The predicted molar refractivity (Wildman–Crippen MR) is 108 cm³/mol. The highest BCUT2D eigenvalue weighted by molar-refractivity contribution is 5.97. The van der Waals surface area contributed by atoms with Gasteiger partial charge in [0.2, 0.25) is 0 Å². The van der Waals surface area contributed by atoms with Gasteiger partial charge in [0.25, 0.3) is 0 Å². The Morgan fingerprint density at radius 2 is 1.90 bits per heavy atom. The van der Waals surface area contributed by atoms with Gasteiger partial charge >= 0.3 is 0 Å². The van der Waals surface area contributed by atoms with Crippen LogP contribution in [0.4, 0.5) is 0 Å². The maximum atomic E-state index is 13.3. The summed E-state index contributed by atoms with van der Waals surface area (Å²) in [5.41, 5.74) is 2.85. The number of nitriles is 1. The van der Waals surface area contributed by atoms with Crippen LogP contribution in [0.25, 0.3) is 5.65 Å². The average molecular weight is 385 g/mol. The highest BCUT2D eigenvalue weighted by Crippen LogP contribution is 2.39. The number of hydrogen-bond donors (Lipinski definition) is 0. The Labute approximate surface area is 169 Å². The van der Waals surface area contributed by atoms with Gasteiger partial charge in [0.15, 0.2) is 11.4 Å². The first kappa shape index (κ1) is 18.0. The minimum Gasteiger partial charge on any atom is -0.294 e. The topological polar surface area (TPSA) is 74.3 Å². The Morgan fingerprint density at radius 3 is 2.62 bits per heavy atom. The van der Waals surface area contributed by atoms with Gasteiger partial charge in [-0.25, -0.2) is 9.50 Å². The second-order valence-electron chi connectivity index (χ2n) is 8.21. The van der Waals surface area contributed by atoms with Crippen molar-refractivity contribution in [2.45, 2.75) is 50.7 Å². The number of carbonyl (C=O) groups excluding carboxylic acids is 1. The van der Waals surface area contributed by atoms with Crippen molar-refractivity contribution >= 4 is 11.4 Å². The summed E-state index contributed by atoms with van der Waals surface area (Å²) in [5.74, 6) is 0.187. The lowest BCUT2D eigenvalue weighted by molar-refractivity contribution is 0.00904. The van der Waals surface area contributed by atoms with Gasteiger partial charge in [-0.1, -0.05) is 36.8 Å². The zero-order valence-corrected chi connectivity index (χ0v) is 16.2. The minimum absolute atomic E-state index is 0.0302. The molecule has 2 atom stereocenters. The maximum absolute atomic E-state index is 13.3. The molecule has 2 bridgehead atoms. The number of aromatic nitrogens is 3. The van der Waals surface area contributed by atoms with Crippen molar-refractivity contribution in [3.05, 3.63) is 65.6 Å². The van der Waals surface area contributed by atoms with E-state index in [0.29, 0.717) is 28.9 Å². The molecule has 0 N–H and O–H groups in total. The van der Waals surface area contributed by atoms with E-state index in [1.54, 1.807) is 12.4 Å². The number of carbonyl (C=O) groups is 1. The van der Waals surface area contributed by atoms with E-state index in [9.17, 15) is 4.79 Å². The molecule has 0 aliphatic carbocycles. The SMILES string of the molecule is N#Cc1cnn2cc(C(=O)C3CC4CCCC(C3)N4Cc3ccccc3)cnc12. The summed E-state index contributed by atoms with van der Waals surface area (Å²) in [6.45, 7) is 0.967. The summed E-state index contributed by atoms with van der Waals surface area (Å²) in [6.07, 6.45) is 10.2. The largest absolute Gasteiger partial charge is 0.294 e. The van der Waals surface area contributed by atoms with Crippen LogP contribution in [0.1, 0.15) is 53.6 Å². The molecule has 146 valence electrons. The van der Waals surface area contributed by atoms with E-state index >= 15 is 0 Å². The summed E-state index contributed by atoms with van der Waals surface area (Å²) in [7, 11) is 0. The summed E-state index contributed by atoms with van der Waals surface area (Å²) in [6, 6.07) is 13.6. The molecule has 5 rings (SSSR count). The third kappa shape index (κ3) is 3.32. The smallest absolute Gasteiger partial charge is 0.172 e. The van der Waals surface area contributed by atoms with Crippen molar-refractivity contribution in [1.29, 1.82) is 5.26 Å². The van der Waals surface area contributed by atoms with E-state index in [0.717, 1.165) is 32.2 Å². The van der Waals surface area contributed by atoms with E-state index in [-0.39, 0.29) is 11.7 Å². The van der Waals surface area contributed by atoms with Crippen LogP contribution in [0.15, 0.2) is 48.9 Å². The monoisotopic (exact) mass is 385 g/mol. The van der Waals surface area contributed by atoms with E-state index in [2.05, 4.69) is 51.4 Å². The summed E-state index contributed by atoms with van der Waals surface area (Å²) in [4.78, 5) is 20.2. The Bertz CT molecular complexity index is 1070. The van der Waals surface area contributed by atoms with Gasteiger partial charge in [-0.2, -0.15) is 10.4 Å². The van der Waals surface area contributed by atoms with Gasteiger partial charge in [-0.05, 0) is 31.2 Å². The van der Waals surface area contributed by atoms with Gasteiger partial charge in [0.1, 0.15) is 11.6 Å². The van der Waals surface area contributed by atoms with Gasteiger partial charge in [-0.3, -0.25) is 9.69 Å². The molecule has 0 amide bonds. The number of hydrogen-bond acceptors (Lipinski definition) is 5. The van der Waals surface area contributed by atoms with Crippen LogP contribution in [0.5, 0.6) is 0 Å². The van der Waals surface area contributed by atoms with E-state index in [1.165, 1.54) is 22.7 Å². The summed E-state index contributed by atoms with van der Waals surface area (Å²) < 4.78 is 1.54. The number of nitrogens with zero attached hydrogens (tertiary/aromatic N) is 5. The molecule has 29 heavy (non-hydrogen) atoms. The van der Waals surface area contributed by atoms with Crippen molar-refractivity contribution in [2.75, 3.05) is 0 Å². The van der Waals surface area contributed by atoms with E-state index in [1.807, 2.05) is 0 Å². The highest BCUT2D eigenvalue weighted by atomic mass is 16.1. The molecule has 0 saturated carbocycles. The summed E-state index contributed by atoms with van der Waals surface area (Å²) >= 11 is 0. The molecule has 6 nitrogen and oxygen atoms in total. The van der Waals surface area contributed by atoms with Crippen LogP contribution in [-0.4, -0.2) is 37.4 Å². The molecule has 1 aromatic carbocycles. The highest BCUT2D eigenvalue weighted by Gasteiger charge is 2.40. The standard InChI is InChI=1S/C23H23N5O/c24-11-18-13-26-28-15-19(12-25-23(18)28)22(29)17-9-20-7-4-8-21(10-17)27(20)14-16-5-2-1-3-6-16/h1-3,5-6,12-13,15,17,20-21H,4,7-10,14H2. The Balaban J connectivity index is 1.35. The van der Waals surface area contributed by atoms with Gasteiger partial charge in [0, 0.05) is 36.9 Å². The Kier molecular flexibility index (Phi) is 4.61. The van der Waals surface area contributed by atoms with Gasteiger partial charge < -0.3 is 0 Å². The predicted octanol–water partition coefficient (Wildman–Crippen LogP) is 3.62. The van der Waals surface area contributed by atoms with Crippen LogP contribution in [0.3, 0.4) is 0 Å². The summed E-state index contributed by atoms with van der Waals surface area (Å²) in [5, 5.41) is 13.3.